The monoisotopic (exact) mass is 767 g/mol. The van der Waals surface area contributed by atoms with Crippen molar-refractivity contribution in [2.75, 3.05) is 6.54 Å². The van der Waals surface area contributed by atoms with Crippen molar-refractivity contribution < 1.29 is 30.8 Å². The van der Waals surface area contributed by atoms with Crippen molar-refractivity contribution in [2.24, 2.45) is 33.4 Å². The molecular weight excluding hydrogens is 661 g/mol. The van der Waals surface area contributed by atoms with Gasteiger partial charge in [0.15, 0.2) is 17.3 Å². The highest BCUT2D eigenvalue weighted by Crippen LogP contribution is 2.23. The molecule has 53 heavy (non-hydrogen) atoms. The highest BCUT2D eigenvalue weighted by atomic mass is 16.1. The Labute approximate surface area is 346 Å². The second-order valence-electron chi connectivity index (χ2n) is 20.0. The summed E-state index contributed by atoms with van der Waals surface area (Å²) < 4.78 is 96.3. The van der Waals surface area contributed by atoms with Crippen LogP contribution in [0.5, 0.6) is 0 Å². The molecule has 0 radical (unpaired) electrons. The Morgan fingerprint density at radius 2 is 0.887 bits per heavy atom. The fourth-order valence-electron chi connectivity index (χ4n) is 4.43. The molecule has 0 aliphatic rings. The van der Waals surface area contributed by atoms with E-state index in [4.69, 9.17) is 33.7 Å². The van der Waals surface area contributed by atoms with Crippen LogP contribution in [-0.2, 0) is 14.4 Å². The highest BCUT2D eigenvalue weighted by molar-refractivity contribution is 5.89. The highest BCUT2D eigenvalue weighted by Gasteiger charge is 2.33. The zero-order valence-electron chi connectivity index (χ0n) is 49.7. The summed E-state index contributed by atoms with van der Waals surface area (Å²) >= 11 is 0. The van der Waals surface area contributed by atoms with Crippen LogP contribution >= 0.6 is 0 Å². The number of Topliss-reactive ketones (excluding diaryl/α,β-unsaturated/α-hetero) is 3. The summed E-state index contributed by atoms with van der Waals surface area (Å²) in [6, 6.07) is -6.78. The van der Waals surface area contributed by atoms with Gasteiger partial charge in [-0.05, 0) is 134 Å². The Bertz CT molecular complexity index is 1510. The van der Waals surface area contributed by atoms with Crippen molar-refractivity contribution in [3.8, 4) is 0 Å². The first-order valence-corrected chi connectivity index (χ1v) is 19.0. The molecule has 0 heterocycles. The molecule has 2 unspecified atom stereocenters. The van der Waals surface area contributed by atoms with E-state index < -0.39 is 96.0 Å². The number of carbonyl (C=O) groups is 3. The Kier molecular flexibility index (Phi) is 16.6. The first-order chi connectivity index (χ1) is 27.9. The summed E-state index contributed by atoms with van der Waals surface area (Å²) in [6.07, 6.45) is -11.7. The van der Waals surface area contributed by atoms with Gasteiger partial charge in [0.2, 0.25) is 0 Å². The minimum atomic E-state index is -3.21. The Balaban J connectivity index is -0.000000896. The summed E-state index contributed by atoms with van der Waals surface area (Å²) in [4.78, 5) is 37.9. The van der Waals surface area contributed by atoms with Crippen LogP contribution in [0.15, 0.2) is 0 Å². The molecule has 7 atom stereocenters. The van der Waals surface area contributed by atoms with E-state index in [1.807, 2.05) is 83.1 Å². The fraction of sp³-hybridized carbons (Fsp3) is 0.932. The van der Waals surface area contributed by atoms with Crippen LogP contribution in [0.1, 0.15) is 212 Å². The molecule has 0 bridgehead atoms. The molecule has 9 N–H and O–H groups in total. The molecule has 0 aromatic carbocycles. The minimum Gasteiger partial charge on any atom is -0.330 e. The molecule has 0 amide bonds. The zero-order valence-corrected chi connectivity index (χ0v) is 37.7. The van der Waals surface area contributed by atoms with Crippen LogP contribution in [0.25, 0.3) is 0 Å². The average Bonchev–Trinajstić information content (AvgIpc) is 3.03. The molecule has 0 saturated carbocycles. The fourth-order valence-corrected chi connectivity index (χ4v) is 4.43. The second kappa shape index (κ2) is 24.4. The van der Waals surface area contributed by atoms with Gasteiger partial charge in [0.25, 0.3) is 0 Å². The number of nitrogens with one attached hydrogen (secondary N) is 3. The Hall–Kier alpha value is -1.23. The van der Waals surface area contributed by atoms with Crippen molar-refractivity contribution >= 4 is 17.3 Å². The number of hydrogen-bond donors (Lipinski definition) is 6. The van der Waals surface area contributed by atoms with E-state index in [2.05, 4.69) is 16.0 Å². The average molecular weight is 767 g/mol. The molecule has 318 valence electrons. The van der Waals surface area contributed by atoms with Gasteiger partial charge < -0.3 is 33.2 Å². The molecule has 0 rings (SSSR count). The van der Waals surface area contributed by atoms with E-state index in [1.54, 1.807) is 41.5 Å². The third kappa shape index (κ3) is 32.7. The molecule has 0 aromatic rings. The van der Waals surface area contributed by atoms with E-state index >= 15 is 0 Å². The molecule has 9 heteroatoms. The standard InChI is InChI=1S/2C15H32N2O.C14H30N2O/c2*1-11(16)9-8-10-12(17-15(5,6)7)13(18)14(2,3)4;1-13(2,3)12(17)11(9-7-8-10-15)16-14(4,5)6/h2*11-12,17H,8-10,16H2,1-7H3;11,16H,7-10,15H2,1-6H3/t2*11?,12-;11-/m000/s1/i8D2,9D2,10D2,11D;9D2,11D;7D,9D/t2m;7-,9+,11-. The molecule has 9 nitrogen and oxygen atoms in total. The molecule has 0 spiro atoms. The van der Waals surface area contributed by atoms with Crippen molar-refractivity contribution in [1.29, 1.82) is 0 Å². The van der Waals surface area contributed by atoms with Gasteiger partial charge in [-0.3, -0.25) is 14.4 Å². The molecule has 0 aliphatic carbocycles. The lowest BCUT2D eigenvalue weighted by Crippen LogP contribution is -2.50. The van der Waals surface area contributed by atoms with Gasteiger partial charge in [-0.2, -0.15) is 0 Å². The SMILES string of the molecule is [2H]C(C)(N)C([2H])([2H])C([2H])([2H])C([2H])([2H])[C@H](NC(C)(C)C)C(=O)C(C)(C)C.[2H]C(C)(N)C([2H])([2H])CC[C@H](NC(C)(C)C)C(=O)C(C)(C)C.[2H][C@@H]([C@H](NC(C)(C)C)C(=O)C(C)(C)C)[C@@H]([2H])CCN. The van der Waals surface area contributed by atoms with Crippen molar-refractivity contribution in [2.45, 2.75) is 243 Å². The second-order valence-corrected chi connectivity index (χ2v) is 20.0. The Morgan fingerprint density at radius 3 is 1.23 bits per heavy atom. The largest absolute Gasteiger partial charge is 0.330 e. The first-order valence-electron chi connectivity index (χ1n) is 25.1. The van der Waals surface area contributed by atoms with Crippen LogP contribution in [0, 0.1) is 16.2 Å². The van der Waals surface area contributed by atoms with Crippen LogP contribution in [-0.4, -0.2) is 70.7 Å². The lowest BCUT2D eigenvalue weighted by molar-refractivity contribution is -0.129. The maximum absolute atomic E-state index is 12.8. The predicted molar refractivity (Wildman–Crippen MR) is 231 cm³/mol. The minimum absolute atomic E-state index is 0.0169. The number of ketones is 3. The number of hydrogen-bond acceptors (Lipinski definition) is 9. The van der Waals surface area contributed by atoms with E-state index in [0.717, 1.165) is 6.92 Å². The van der Waals surface area contributed by atoms with E-state index in [-0.39, 0.29) is 29.1 Å². The quantitative estimate of drug-likeness (QED) is 0.0806. The van der Waals surface area contributed by atoms with Gasteiger partial charge in [-0.15, -0.1) is 0 Å². The molecule has 0 saturated heterocycles. The smallest absolute Gasteiger partial charge is 0.155 e. The topological polar surface area (TPSA) is 165 Å². The van der Waals surface area contributed by atoms with Crippen LogP contribution in [0.3, 0.4) is 0 Å². The molecule has 0 aromatic heterocycles. The number of carbonyl (C=O) groups excluding carboxylic acids is 3. The summed E-state index contributed by atoms with van der Waals surface area (Å²) in [5, 5.41) is 9.27. The van der Waals surface area contributed by atoms with Crippen molar-refractivity contribution in [3.05, 3.63) is 0 Å². The third-order valence-corrected chi connectivity index (χ3v) is 6.83. The number of rotatable bonds is 18. The van der Waals surface area contributed by atoms with Gasteiger partial charge in [0.05, 0.1) is 18.1 Å². The van der Waals surface area contributed by atoms with E-state index in [0.29, 0.717) is 19.4 Å². The van der Waals surface area contributed by atoms with Crippen molar-refractivity contribution in [1.82, 2.24) is 16.0 Å². The lowest BCUT2D eigenvalue weighted by atomic mass is 9.83. The van der Waals surface area contributed by atoms with Gasteiger partial charge in [-0.25, -0.2) is 0 Å². The summed E-state index contributed by atoms with van der Waals surface area (Å²) in [6.45, 7) is 35.5. The van der Waals surface area contributed by atoms with E-state index in [9.17, 15) is 14.4 Å². The lowest BCUT2D eigenvalue weighted by Gasteiger charge is -2.32. The number of nitrogens with two attached hydrogens (primary N) is 3. The van der Waals surface area contributed by atoms with Gasteiger partial charge in [-0.1, -0.05) is 68.7 Å². The van der Waals surface area contributed by atoms with Crippen LogP contribution < -0.4 is 33.2 Å². The Morgan fingerprint density at radius 1 is 0.547 bits per heavy atom. The maximum Gasteiger partial charge on any atom is 0.155 e. The molecule has 0 fully saturated rings. The van der Waals surface area contributed by atoms with Crippen LogP contribution in [0.4, 0.5) is 0 Å². The predicted octanol–water partition coefficient (Wildman–Crippen LogP) is 8.24. The normalized spacial score (nSPS) is 22.7. The zero-order chi connectivity index (χ0) is 53.6. The summed E-state index contributed by atoms with van der Waals surface area (Å²) in [5.41, 5.74) is 13.2. The molecular formula is C44H94N6O3. The summed E-state index contributed by atoms with van der Waals surface area (Å²) in [7, 11) is 0. The first kappa shape index (κ1) is 36.1. The summed E-state index contributed by atoms with van der Waals surface area (Å²) in [5.74, 6) is -0.551. The van der Waals surface area contributed by atoms with Gasteiger partial charge in [0.1, 0.15) is 0 Å². The third-order valence-electron chi connectivity index (χ3n) is 6.83. The maximum atomic E-state index is 12.8. The molecule has 0 aliphatic heterocycles. The van der Waals surface area contributed by atoms with Gasteiger partial charge >= 0.3 is 0 Å². The van der Waals surface area contributed by atoms with Crippen molar-refractivity contribution in [3.63, 3.8) is 0 Å². The van der Waals surface area contributed by atoms with Gasteiger partial charge in [0, 0.05) is 61.3 Å². The van der Waals surface area contributed by atoms with Crippen LogP contribution in [0.2, 0.25) is 0 Å². The van der Waals surface area contributed by atoms with E-state index in [1.165, 1.54) is 6.92 Å².